The third-order valence-corrected chi connectivity index (χ3v) is 9.88. The van der Waals surface area contributed by atoms with Crippen molar-refractivity contribution in [2.24, 2.45) is 0 Å². The summed E-state index contributed by atoms with van der Waals surface area (Å²) in [5.41, 5.74) is 2.97. The van der Waals surface area contributed by atoms with Gasteiger partial charge >= 0.3 is 6.09 Å². The molecule has 0 aliphatic rings. The standard InChI is InChI=1S/C49H39N3O2/c1-49(2,3)54-48(53)52-46(50(36-20-6-4-7-21-36)44-32-34-18-10-12-24-38(34)40-26-14-16-28-42(40)44)30-31-47(52)51(37-22-8-5-9-23-37)45-33-35-19-11-13-25-39(35)41-27-15-17-29-43(41)45/h4-33H,1-3H3. The molecule has 0 radical (unpaired) electrons. The normalized spacial score (nSPS) is 11.7. The van der Waals surface area contributed by atoms with E-state index in [9.17, 15) is 4.79 Å². The van der Waals surface area contributed by atoms with Crippen LogP contribution in [0.25, 0.3) is 43.1 Å². The average molecular weight is 702 g/mol. The van der Waals surface area contributed by atoms with Crippen molar-refractivity contribution >= 4 is 83.6 Å². The highest BCUT2D eigenvalue weighted by atomic mass is 16.6. The average Bonchev–Trinajstić information content (AvgIpc) is 3.62. The van der Waals surface area contributed by atoms with Gasteiger partial charge in [-0.25, -0.2) is 9.36 Å². The Morgan fingerprint density at radius 3 is 1.20 bits per heavy atom. The first-order valence-electron chi connectivity index (χ1n) is 18.3. The molecule has 0 saturated carbocycles. The van der Waals surface area contributed by atoms with Crippen LogP contribution in [0.1, 0.15) is 20.8 Å². The number of aromatic nitrogens is 1. The van der Waals surface area contributed by atoms with E-state index in [4.69, 9.17) is 4.74 Å². The van der Waals surface area contributed by atoms with E-state index in [1.807, 2.05) is 69.3 Å². The largest absolute Gasteiger partial charge is 0.443 e. The maximum Gasteiger partial charge on any atom is 0.421 e. The SMILES string of the molecule is CC(C)(C)OC(=O)n1c(N(c2ccccc2)c2cc3ccccc3c3ccccc23)ccc1N(c1ccccc1)c1cc2ccccc2c2ccccc12. The van der Waals surface area contributed by atoms with Crippen LogP contribution in [0, 0.1) is 0 Å². The number of ether oxygens (including phenoxy) is 1. The fourth-order valence-electron chi connectivity index (χ4n) is 7.64. The van der Waals surface area contributed by atoms with Gasteiger partial charge in [0.1, 0.15) is 17.2 Å². The molecule has 0 saturated heterocycles. The van der Waals surface area contributed by atoms with E-state index in [1.165, 1.54) is 10.8 Å². The first-order valence-corrected chi connectivity index (χ1v) is 18.3. The van der Waals surface area contributed by atoms with Gasteiger partial charge in [-0.1, -0.05) is 133 Å². The number of benzene rings is 8. The van der Waals surface area contributed by atoms with Gasteiger partial charge in [0.15, 0.2) is 0 Å². The van der Waals surface area contributed by atoms with Gasteiger partial charge in [0, 0.05) is 22.1 Å². The number of hydrogen-bond acceptors (Lipinski definition) is 4. The molecule has 0 atom stereocenters. The highest BCUT2D eigenvalue weighted by Crippen LogP contribution is 2.47. The molecule has 0 amide bonds. The molecule has 5 nitrogen and oxygen atoms in total. The van der Waals surface area contributed by atoms with E-state index >= 15 is 0 Å². The van der Waals surface area contributed by atoms with Gasteiger partial charge in [-0.15, -0.1) is 0 Å². The zero-order chi connectivity index (χ0) is 36.8. The smallest absolute Gasteiger partial charge is 0.421 e. The van der Waals surface area contributed by atoms with Gasteiger partial charge in [-0.05, 0) is 102 Å². The summed E-state index contributed by atoms with van der Waals surface area (Å²) in [6.07, 6.45) is -0.477. The van der Waals surface area contributed by atoms with Crippen LogP contribution in [0.3, 0.4) is 0 Å². The molecular formula is C49H39N3O2. The van der Waals surface area contributed by atoms with E-state index < -0.39 is 11.7 Å². The fourth-order valence-corrected chi connectivity index (χ4v) is 7.64. The van der Waals surface area contributed by atoms with Crippen LogP contribution in [0.4, 0.5) is 39.2 Å². The number of anilines is 6. The minimum atomic E-state index is -0.754. The molecule has 0 N–H and O–H groups in total. The highest BCUT2D eigenvalue weighted by Gasteiger charge is 2.31. The Bertz CT molecular complexity index is 2640. The van der Waals surface area contributed by atoms with Crippen molar-refractivity contribution < 1.29 is 9.53 Å². The second-order valence-corrected chi connectivity index (χ2v) is 14.5. The number of hydrogen-bond donors (Lipinski definition) is 0. The maximum atomic E-state index is 14.9. The first kappa shape index (κ1) is 33.0. The molecule has 1 heterocycles. The second-order valence-electron chi connectivity index (χ2n) is 14.5. The Morgan fingerprint density at radius 1 is 0.444 bits per heavy atom. The Balaban J connectivity index is 1.38. The summed E-state index contributed by atoms with van der Waals surface area (Å²) in [5, 5.41) is 8.97. The van der Waals surface area contributed by atoms with Crippen LogP contribution in [-0.4, -0.2) is 16.3 Å². The van der Waals surface area contributed by atoms with Crippen LogP contribution in [0.2, 0.25) is 0 Å². The molecule has 0 aliphatic heterocycles. The van der Waals surface area contributed by atoms with Crippen molar-refractivity contribution in [2.75, 3.05) is 9.80 Å². The third kappa shape index (κ3) is 5.80. The molecule has 0 aliphatic carbocycles. The minimum Gasteiger partial charge on any atom is -0.443 e. The molecule has 9 rings (SSSR count). The summed E-state index contributed by atoms with van der Waals surface area (Å²) >= 11 is 0. The van der Waals surface area contributed by atoms with Crippen molar-refractivity contribution in [3.8, 4) is 0 Å². The number of rotatable bonds is 6. The van der Waals surface area contributed by atoms with E-state index in [2.05, 4.69) is 143 Å². The number of para-hydroxylation sites is 2. The molecular weight excluding hydrogens is 663 g/mol. The Morgan fingerprint density at radius 2 is 0.796 bits per heavy atom. The Hall–Kier alpha value is -6.85. The van der Waals surface area contributed by atoms with Gasteiger partial charge in [-0.2, -0.15) is 0 Å². The fraction of sp³-hybridized carbons (Fsp3) is 0.0816. The summed E-state index contributed by atoms with van der Waals surface area (Å²) < 4.78 is 8.03. The van der Waals surface area contributed by atoms with Gasteiger partial charge in [0.2, 0.25) is 0 Å². The molecule has 0 spiro atoms. The minimum absolute atomic E-state index is 0.477. The zero-order valence-electron chi connectivity index (χ0n) is 30.5. The summed E-state index contributed by atoms with van der Waals surface area (Å²) in [7, 11) is 0. The van der Waals surface area contributed by atoms with Crippen molar-refractivity contribution in [1.29, 1.82) is 0 Å². The lowest BCUT2D eigenvalue weighted by molar-refractivity contribution is 0.0543. The Labute approximate surface area is 314 Å². The quantitative estimate of drug-likeness (QED) is 0.162. The van der Waals surface area contributed by atoms with Crippen LogP contribution in [0.15, 0.2) is 182 Å². The summed E-state index contributed by atoms with van der Waals surface area (Å²) in [6.45, 7) is 5.72. The van der Waals surface area contributed by atoms with E-state index in [1.54, 1.807) is 4.57 Å². The van der Waals surface area contributed by atoms with Gasteiger partial charge in [0.05, 0.1) is 11.4 Å². The van der Waals surface area contributed by atoms with Crippen molar-refractivity contribution in [3.63, 3.8) is 0 Å². The van der Waals surface area contributed by atoms with Crippen LogP contribution >= 0.6 is 0 Å². The maximum absolute atomic E-state index is 14.9. The van der Waals surface area contributed by atoms with Crippen LogP contribution in [-0.2, 0) is 4.74 Å². The van der Waals surface area contributed by atoms with E-state index in [-0.39, 0.29) is 0 Å². The molecule has 0 fully saturated rings. The van der Waals surface area contributed by atoms with Crippen molar-refractivity contribution in [3.05, 3.63) is 182 Å². The molecule has 0 bridgehead atoms. The highest BCUT2D eigenvalue weighted by molar-refractivity contribution is 6.16. The molecule has 9 aromatic rings. The van der Waals surface area contributed by atoms with Crippen LogP contribution < -0.4 is 9.80 Å². The Kier molecular flexibility index (Phi) is 8.12. The molecule has 5 heteroatoms. The monoisotopic (exact) mass is 701 g/mol. The van der Waals surface area contributed by atoms with Gasteiger partial charge in [0.25, 0.3) is 0 Å². The molecule has 8 aromatic carbocycles. The third-order valence-electron chi connectivity index (χ3n) is 9.88. The second kappa shape index (κ2) is 13.3. The molecule has 0 unspecified atom stereocenters. The molecule has 1 aromatic heterocycles. The van der Waals surface area contributed by atoms with Gasteiger partial charge < -0.3 is 4.74 Å². The molecule has 54 heavy (non-hydrogen) atoms. The molecule has 262 valence electrons. The number of carbonyl (C=O) groups is 1. The van der Waals surface area contributed by atoms with Crippen LogP contribution in [0.5, 0.6) is 0 Å². The lowest BCUT2D eigenvalue weighted by Gasteiger charge is -2.32. The van der Waals surface area contributed by atoms with E-state index in [0.29, 0.717) is 11.6 Å². The van der Waals surface area contributed by atoms with Crippen molar-refractivity contribution in [1.82, 2.24) is 4.57 Å². The summed E-state index contributed by atoms with van der Waals surface area (Å²) in [5.74, 6) is 1.30. The zero-order valence-corrected chi connectivity index (χ0v) is 30.5. The number of nitrogens with zero attached hydrogens (tertiary/aromatic N) is 3. The van der Waals surface area contributed by atoms with E-state index in [0.717, 1.165) is 55.1 Å². The van der Waals surface area contributed by atoms with Gasteiger partial charge in [-0.3, -0.25) is 9.80 Å². The summed E-state index contributed by atoms with van der Waals surface area (Å²) in [6, 6.07) is 62.9. The van der Waals surface area contributed by atoms with Crippen molar-refractivity contribution in [2.45, 2.75) is 26.4 Å². The number of carbonyl (C=O) groups excluding carboxylic acids is 1. The predicted octanol–water partition coefficient (Wildman–Crippen LogP) is 13.8. The predicted molar refractivity (Wildman–Crippen MR) is 225 cm³/mol. The topological polar surface area (TPSA) is 37.7 Å². The first-order chi connectivity index (χ1) is 26.4. The lowest BCUT2D eigenvalue weighted by atomic mass is 9.99. The summed E-state index contributed by atoms with van der Waals surface area (Å²) in [4.78, 5) is 19.3. The lowest BCUT2D eigenvalue weighted by Crippen LogP contribution is -2.30. The number of fused-ring (bicyclic) bond motifs is 6.